The molecule has 0 aliphatic heterocycles. The van der Waals surface area contributed by atoms with E-state index in [1.54, 1.807) is 18.3 Å². The Morgan fingerprint density at radius 3 is 2.35 bits per heavy atom. The summed E-state index contributed by atoms with van der Waals surface area (Å²) in [5.74, 6) is 0.611. The number of aromatic amines is 1. The van der Waals surface area contributed by atoms with Crippen LogP contribution in [0.3, 0.4) is 0 Å². The van der Waals surface area contributed by atoms with E-state index in [2.05, 4.69) is 14.7 Å². The lowest BCUT2D eigenvalue weighted by molar-refractivity contribution is 0.539. The Bertz CT molecular complexity index is 948. The van der Waals surface area contributed by atoms with E-state index < -0.39 is 16.1 Å². The quantitative estimate of drug-likeness (QED) is 0.659. The molecule has 2 N–H and O–H groups in total. The van der Waals surface area contributed by atoms with E-state index in [-0.39, 0.29) is 4.90 Å². The Labute approximate surface area is 154 Å². The van der Waals surface area contributed by atoms with E-state index in [0.717, 1.165) is 23.2 Å². The molecule has 0 aliphatic rings. The lowest BCUT2D eigenvalue weighted by Crippen LogP contribution is -2.29. The van der Waals surface area contributed by atoms with E-state index in [1.807, 2.05) is 56.3 Å². The largest absolute Gasteiger partial charge is 0.341 e. The lowest BCUT2D eigenvalue weighted by Gasteiger charge is -2.15. The molecule has 2 aromatic carbocycles. The van der Waals surface area contributed by atoms with Crippen LogP contribution in [-0.4, -0.2) is 18.4 Å². The molecule has 6 heteroatoms. The fraction of sp³-hybridized carbons (Fsp3) is 0.250. The third-order valence-corrected chi connectivity index (χ3v) is 5.85. The number of nitrogens with zero attached hydrogens (tertiary/aromatic N) is 1. The van der Waals surface area contributed by atoms with Gasteiger partial charge in [0.25, 0.3) is 0 Å². The fourth-order valence-electron chi connectivity index (χ4n) is 2.77. The molecule has 1 heterocycles. The second-order valence-corrected chi connectivity index (χ2v) is 7.84. The van der Waals surface area contributed by atoms with Gasteiger partial charge in [0.05, 0.1) is 22.8 Å². The molecule has 0 spiro atoms. The number of hydrogen-bond donors (Lipinski definition) is 2. The van der Waals surface area contributed by atoms with Gasteiger partial charge in [0, 0.05) is 0 Å². The summed E-state index contributed by atoms with van der Waals surface area (Å²) >= 11 is 0. The minimum absolute atomic E-state index is 0.267. The second-order valence-electron chi connectivity index (χ2n) is 6.13. The van der Waals surface area contributed by atoms with Gasteiger partial charge in [-0.05, 0) is 36.1 Å². The van der Waals surface area contributed by atoms with Gasteiger partial charge in [-0.3, -0.25) is 0 Å². The molecular formula is C20H23N3O2S. The molecule has 0 bridgehead atoms. The number of hydrogen-bond acceptors (Lipinski definition) is 3. The number of H-pyrrole nitrogens is 1. The molecule has 0 saturated carbocycles. The zero-order valence-electron chi connectivity index (χ0n) is 14.9. The van der Waals surface area contributed by atoms with Gasteiger partial charge >= 0.3 is 0 Å². The SMILES string of the molecule is CCc1ccc(S(=O)(=O)NC(CC)c2ncc(-c3ccccc3)[nH]2)cc1. The van der Waals surface area contributed by atoms with Crippen LogP contribution < -0.4 is 4.72 Å². The third kappa shape index (κ3) is 4.03. The summed E-state index contributed by atoms with van der Waals surface area (Å²) in [5.41, 5.74) is 2.99. The fourth-order valence-corrected chi connectivity index (χ4v) is 4.05. The van der Waals surface area contributed by atoms with Gasteiger partial charge in [-0.2, -0.15) is 0 Å². The Kier molecular flexibility index (Phi) is 5.54. The van der Waals surface area contributed by atoms with Crippen molar-refractivity contribution >= 4 is 10.0 Å². The van der Waals surface area contributed by atoms with E-state index in [9.17, 15) is 8.42 Å². The first-order valence-corrected chi connectivity index (χ1v) is 10.2. The van der Waals surface area contributed by atoms with Crippen LogP contribution in [0.15, 0.2) is 65.7 Å². The van der Waals surface area contributed by atoms with Crippen molar-refractivity contribution in [1.29, 1.82) is 0 Å². The molecule has 1 unspecified atom stereocenters. The van der Waals surface area contributed by atoms with Crippen molar-refractivity contribution in [3.8, 4) is 11.3 Å². The van der Waals surface area contributed by atoms with Crippen LogP contribution in [0.4, 0.5) is 0 Å². The van der Waals surface area contributed by atoms with Crippen LogP contribution in [0.1, 0.15) is 37.7 Å². The average molecular weight is 369 g/mol. The molecule has 3 rings (SSSR count). The molecule has 0 radical (unpaired) electrons. The molecule has 1 aromatic heterocycles. The number of aryl methyl sites for hydroxylation is 1. The minimum Gasteiger partial charge on any atom is -0.341 e. The predicted octanol–water partition coefficient (Wildman–Crippen LogP) is 4.07. The Hall–Kier alpha value is -2.44. The molecule has 0 aliphatic carbocycles. The van der Waals surface area contributed by atoms with Crippen LogP contribution in [-0.2, 0) is 16.4 Å². The standard InChI is InChI=1S/C20H23N3O2S/c1-3-15-10-12-17(13-11-15)26(24,25)23-18(4-2)20-21-14-19(22-20)16-8-6-5-7-9-16/h5-14,18,23H,3-4H2,1-2H3,(H,21,22). The number of rotatable bonds is 7. The van der Waals surface area contributed by atoms with Crippen molar-refractivity contribution in [3.63, 3.8) is 0 Å². The highest BCUT2D eigenvalue weighted by molar-refractivity contribution is 7.89. The van der Waals surface area contributed by atoms with Crippen molar-refractivity contribution in [2.75, 3.05) is 0 Å². The highest BCUT2D eigenvalue weighted by Gasteiger charge is 2.22. The Morgan fingerprint density at radius 1 is 1.04 bits per heavy atom. The van der Waals surface area contributed by atoms with Crippen LogP contribution in [0, 0.1) is 0 Å². The first-order valence-electron chi connectivity index (χ1n) is 8.75. The molecule has 1 atom stereocenters. The van der Waals surface area contributed by atoms with E-state index in [4.69, 9.17) is 0 Å². The maximum Gasteiger partial charge on any atom is 0.241 e. The Morgan fingerprint density at radius 2 is 1.73 bits per heavy atom. The molecular weight excluding hydrogens is 346 g/mol. The summed E-state index contributed by atoms with van der Waals surface area (Å²) in [6, 6.07) is 16.4. The summed E-state index contributed by atoms with van der Waals surface area (Å²) < 4.78 is 28.2. The first kappa shape index (κ1) is 18.4. The van der Waals surface area contributed by atoms with Gasteiger partial charge < -0.3 is 4.98 Å². The topological polar surface area (TPSA) is 74.8 Å². The zero-order valence-corrected chi connectivity index (χ0v) is 15.8. The number of benzene rings is 2. The van der Waals surface area contributed by atoms with Gasteiger partial charge in [-0.15, -0.1) is 0 Å². The summed E-state index contributed by atoms with van der Waals surface area (Å²) in [6.45, 7) is 3.97. The highest BCUT2D eigenvalue weighted by Crippen LogP contribution is 2.22. The van der Waals surface area contributed by atoms with E-state index in [1.165, 1.54) is 0 Å². The summed E-state index contributed by atoms with van der Waals surface area (Å²) in [7, 11) is -3.61. The number of aromatic nitrogens is 2. The highest BCUT2D eigenvalue weighted by atomic mass is 32.2. The second kappa shape index (κ2) is 7.85. The van der Waals surface area contributed by atoms with Crippen LogP contribution in [0.25, 0.3) is 11.3 Å². The molecule has 0 amide bonds. The van der Waals surface area contributed by atoms with Crippen LogP contribution >= 0.6 is 0 Å². The Balaban J connectivity index is 1.81. The van der Waals surface area contributed by atoms with Gasteiger partial charge in [-0.1, -0.05) is 56.3 Å². The first-order chi connectivity index (χ1) is 12.5. The summed E-state index contributed by atoms with van der Waals surface area (Å²) in [5, 5.41) is 0. The number of imidazole rings is 1. The van der Waals surface area contributed by atoms with Crippen LogP contribution in [0.2, 0.25) is 0 Å². The van der Waals surface area contributed by atoms with Gasteiger partial charge in [0.15, 0.2) is 0 Å². The van der Waals surface area contributed by atoms with Gasteiger partial charge in [0.2, 0.25) is 10.0 Å². The molecule has 26 heavy (non-hydrogen) atoms. The number of nitrogens with one attached hydrogen (secondary N) is 2. The maximum absolute atomic E-state index is 12.7. The van der Waals surface area contributed by atoms with Gasteiger partial charge in [-0.25, -0.2) is 18.1 Å². The zero-order chi connectivity index (χ0) is 18.6. The molecule has 0 saturated heterocycles. The maximum atomic E-state index is 12.7. The molecule has 136 valence electrons. The van der Waals surface area contributed by atoms with E-state index in [0.29, 0.717) is 12.2 Å². The normalized spacial score (nSPS) is 12.8. The minimum atomic E-state index is -3.61. The molecule has 5 nitrogen and oxygen atoms in total. The number of sulfonamides is 1. The van der Waals surface area contributed by atoms with E-state index >= 15 is 0 Å². The molecule has 3 aromatic rings. The van der Waals surface area contributed by atoms with Gasteiger partial charge in [0.1, 0.15) is 5.82 Å². The lowest BCUT2D eigenvalue weighted by atomic mass is 10.2. The van der Waals surface area contributed by atoms with Crippen molar-refractivity contribution in [3.05, 3.63) is 72.2 Å². The molecule has 0 fully saturated rings. The summed E-state index contributed by atoms with van der Waals surface area (Å²) in [4.78, 5) is 7.89. The van der Waals surface area contributed by atoms with Crippen molar-refractivity contribution in [1.82, 2.24) is 14.7 Å². The van der Waals surface area contributed by atoms with Crippen molar-refractivity contribution < 1.29 is 8.42 Å². The van der Waals surface area contributed by atoms with Crippen molar-refractivity contribution in [2.45, 2.75) is 37.6 Å². The summed E-state index contributed by atoms with van der Waals surface area (Å²) in [6.07, 6.45) is 3.20. The monoisotopic (exact) mass is 369 g/mol. The smallest absolute Gasteiger partial charge is 0.241 e. The third-order valence-electron chi connectivity index (χ3n) is 4.36. The predicted molar refractivity (Wildman–Crippen MR) is 103 cm³/mol. The van der Waals surface area contributed by atoms with Crippen molar-refractivity contribution in [2.24, 2.45) is 0 Å². The van der Waals surface area contributed by atoms with Crippen LogP contribution in [0.5, 0.6) is 0 Å². The average Bonchev–Trinajstić information content (AvgIpc) is 3.17.